The number of thiol groups is 1. The lowest BCUT2D eigenvalue weighted by Crippen LogP contribution is -2.52. The number of rotatable bonds is 1. The van der Waals surface area contributed by atoms with Crippen LogP contribution in [0.1, 0.15) is 12.8 Å². The van der Waals surface area contributed by atoms with Crippen molar-refractivity contribution in [1.29, 1.82) is 0 Å². The van der Waals surface area contributed by atoms with Crippen molar-refractivity contribution < 1.29 is 4.74 Å². The highest BCUT2D eigenvalue weighted by Crippen LogP contribution is 2.50. The van der Waals surface area contributed by atoms with Crippen molar-refractivity contribution in [2.45, 2.75) is 12.8 Å². The second-order valence-corrected chi connectivity index (χ2v) is 3.81. The highest BCUT2D eigenvalue weighted by molar-refractivity contribution is 7.80. The normalized spacial score (nSPS) is 31.7. The smallest absolute Gasteiger partial charge is 0.0545 e. The van der Waals surface area contributed by atoms with Gasteiger partial charge in [-0.25, -0.2) is 0 Å². The van der Waals surface area contributed by atoms with E-state index in [0.29, 0.717) is 5.41 Å². The predicted molar refractivity (Wildman–Crippen MR) is 39.8 cm³/mol. The van der Waals surface area contributed by atoms with Gasteiger partial charge in [0.05, 0.1) is 13.2 Å². The predicted octanol–water partition coefficient (Wildman–Crippen LogP) is 1.34. The molecule has 52 valence electrons. The number of ether oxygens (including phenoxy) is 1. The van der Waals surface area contributed by atoms with Crippen molar-refractivity contribution in [1.82, 2.24) is 0 Å². The minimum Gasteiger partial charge on any atom is -0.380 e. The first-order valence-corrected chi connectivity index (χ1v) is 4.16. The third-order valence-electron chi connectivity index (χ3n) is 2.52. The summed E-state index contributed by atoms with van der Waals surface area (Å²) in [7, 11) is 0. The van der Waals surface area contributed by atoms with Crippen LogP contribution in [0.2, 0.25) is 0 Å². The first-order valence-electron chi connectivity index (χ1n) is 3.53. The first-order chi connectivity index (χ1) is 4.35. The Morgan fingerprint density at radius 1 is 1.44 bits per heavy atom. The molecule has 0 bridgehead atoms. The van der Waals surface area contributed by atoms with Gasteiger partial charge in [-0.15, -0.1) is 0 Å². The van der Waals surface area contributed by atoms with E-state index in [1.807, 2.05) is 0 Å². The third kappa shape index (κ3) is 0.802. The maximum absolute atomic E-state index is 5.15. The zero-order valence-electron chi connectivity index (χ0n) is 5.47. The lowest BCUT2D eigenvalue weighted by atomic mass is 9.61. The van der Waals surface area contributed by atoms with E-state index in [1.54, 1.807) is 0 Å². The zero-order valence-corrected chi connectivity index (χ0v) is 6.36. The van der Waals surface area contributed by atoms with Crippen LogP contribution in [0, 0.1) is 11.3 Å². The fourth-order valence-electron chi connectivity index (χ4n) is 1.92. The van der Waals surface area contributed by atoms with Gasteiger partial charge in [0, 0.05) is 5.41 Å². The van der Waals surface area contributed by atoms with E-state index in [1.165, 1.54) is 12.8 Å². The molecule has 2 rings (SSSR count). The summed E-state index contributed by atoms with van der Waals surface area (Å²) in [4.78, 5) is 0. The Hall–Kier alpha value is 0.310. The van der Waals surface area contributed by atoms with Crippen LogP contribution in [0.15, 0.2) is 0 Å². The highest BCUT2D eigenvalue weighted by atomic mass is 32.1. The molecule has 1 saturated heterocycles. The Kier molecular flexibility index (Phi) is 1.27. The van der Waals surface area contributed by atoms with Gasteiger partial charge in [-0.1, -0.05) is 0 Å². The van der Waals surface area contributed by atoms with Gasteiger partial charge in [0.1, 0.15) is 0 Å². The van der Waals surface area contributed by atoms with Gasteiger partial charge >= 0.3 is 0 Å². The fourth-order valence-corrected chi connectivity index (χ4v) is 2.18. The zero-order chi connectivity index (χ0) is 6.32. The minimum absolute atomic E-state index is 0.646. The molecule has 2 aliphatic rings. The number of hydrogen-bond donors (Lipinski definition) is 1. The Morgan fingerprint density at radius 3 is 2.44 bits per heavy atom. The van der Waals surface area contributed by atoms with Crippen LogP contribution in [0.3, 0.4) is 0 Å². The maximum Gasteiger partial charge on any atom is 0.0545 e. The van der Waals surface area contributed by atoms with Crippen molar-refractivity contribution in [2.24, 2.45) is 11.3 Å². The van der Waals surface area contributed by atoms with Crippen molar-refractivity contribution in [2.75, 3.05) is 19.0 Å². The van der Waals surface area contributed by atoms with Crippen molar-refractivity contribution in [3.8, 4) is 0 Å². The van der Waals surface area contributed by atoms with E-state index >= 15 is 0 Å². The molecule has 0 N–H and O–H groups in total. The molecule has 0 aromatic rings. The van der Waals surface area contributed by atoms with Gasteiger partial charge < -0.3 is 4.74 Å². The van der Waals surface area contributed by atoms with Gasteiger partial charge in [-0.05, 0) is 24.5 Å². The summed E-state index contributed by atoms with van der Waals surface area (Å²) in [5.41, 5.74) is 0.646. The number of hydrogen-bond acceptors (Lipinski definition) is 2. The summed E-state index contributed by atoms with van der Waals surface area (Å²) in [6.45, 7) is 2.05. The Bertz CT molecular complexity index is 112. The van der Waals surface area contributed by atoms with E-state index in [-0.39, 0.29) is 0 Å². The minimum atomic E-state index is 0.646. The summed E-state index contributed by atoms with van der Waals surface area (Å²) in [6.07, 6.45) is 2.74. The molecule has 1 aliphatic carbocycles. The molecule has 0 aromatic carbocycles. The maximum atomic E-state index is 5.15. The Labute approximate surface area is 61.2 Å². The monoisotopic (exact) mass is 144 g/mol. The molecule has 2 heteroatoms. The molecule has 1 saturated carbocycles. The van der Waals surface area contributed by atoms with Crippen molar-refractivity contribution >= 4 is 12.6 Å². The van der Waals surface area contributed by atoms with Gasteiger partial charge in [0.25, 0.3) is 0 Å². The first kappa shape index (κ1) is 6.05. The molecule has 2 fully saturated rings. The quantitative estimate of drug-likeness (QED) is 0.546. The molecule has 0 radical (unpaired) electrons. The molecule has 1 heterocycles. The van der Waals surface area contributed by atoms with Crippen LogP contribution in [-0.2, 0) is 4.74 Å². The summed E-state index contributed by atoms with van der Waals surface area (Å²) in [6, 6.07) is 0. The summed E-state index contributed by atoms with van der Waals surface area (Å²) < 4.78 is 5.15. The van der Waals surface area contributed by atoms with Crippen LogP contribution < -0.4 is 0 Å². The highest BCUT2D eigenvalue weighted by Gasteiger charge is 2.48. The van der Waals surface area contributed by atoms with Gasteiger partial charge in [0.2, 0.25) is 0 Å². The van der Waals surface area contributed by atoms with E-state index in [0.717, 1.165) is 24.9 Å². The summed E-state index contributed by atoms with van der Waals surface area (Å²) >= 11 is 4.25. The largest absolute Gasteiger partial charge is 0.380 e. The lowest BCUT2D eigenvalue weighted by Gasteiger charge is -2.53. The van der Waals surface area contributed by atoms with E-state index in [2.05, 4.69) is 12.6 Å². The average Bonchev–Trinajstić information content (AvgIpc) is 1.59. The van der Waals surface area contributed by atoms with E-state index in [4.69, 9.17) is 4.74 Å². The second-order valence-electron chi connectivity index (χ2n) is 3.45. The van der Waals surface area contributed by atoms with Crippen molar-refractivity contribution in [3.05, 3.63) is 0 Å². The molecule has 0 unspecified atom stereocenters. The lowest BCUT2D eigenvalue weighted by molar-refractivity contribution is -0.174. The second kappa shape index (κ2) is 1.89. The molecule has 0 amide bonds. The van der Waals surface area contributed by atoms with Gasteiger partial charge in [0.15, 0.2) is 0 Å². The molecular formula is C7H12OS. The molecule has 0 atom stereocenters. The molecule has 0 aromatic heterocycles. The SMILES string of the molecule is SCC1CC2(COC2)C1. The summed E-state index contributed by atoms with van der Waals surface area (Å²) in [5, 5.41) is 0. The van der Waals surface area contributed by atoms with Crippen LogP contribution in [0.25, 0.3) is 0 Å². The molecule has 1 aliphatic heterocycles. The summed E-state index contributed by atoms with van der Waals surface area (Å²) in [5.74, 6) is 1.97. The van der Waals surface area contributed by atoms with Crippen LogP contribution in [0.4, 0.5) is 0 Å². The van der Waals surface area contributed by atoms with E-state index in [9.17, 15) is 0 Å². The molecular weight excluding hydrogens is 132 g/mol. The standard InChI is InChI=1S/C7H12OS/c9-3-6-1-7(2-6)4-8-5-7/h6,9H,1-5H2. The Balaban J connectivity index is 1.82. The van der Waals surface area contributed by atoms with Gasteiger partial charge in [-0.2, -0.15) is 12.6 Å². The average molecular weight is 144 g/mol. The van der Waals surface area contributed by atoms with Crippen LogP contribution >= 0.6 is 12.6 Å². The van der Waals surface area contributed by atoms with Gasteiger partial charge in [-0.3, -0.25) is 0 Å². The topological polar surface area (TPSA) is 9.23 Å². The Morgan fingerprint density at radius 2 is 2.11 bits per heavy atom. The molecule has 1 nitrogen and oxygen atoms in total. The van der Waals surface area contributed by atoms with Crippen molar-refractivity contribution in [3.63, 3.8) is 0 Å². The molecule has 1 spiro atoms. The third-order valence-corrected chi connectivity index (χ3v) is 3.03. The fraction of sp³-hybridized carbons (Fsp3) is 1.00. The van der Waals surface area contributed by atoms with E-state index < -0.39 is 0 Å². The van der Waals surface area contributed by atoms with Crippen LogP contribution in [-0.4, -0.2) is 19.0 Å². The van der Waals surface area contributed by atoms with Crippen LogP contribution in [0.5, 0.6) is 0 Å². The molecule has 9 heavy (non-hydrogen) atoms.